The number of nitrogens with zero attached hydrogens (tertiary/aromatic N) is 1. The maximum absolute atomic E-state index is 12.5. The molecular formula is C15H13ClNO3S3-. The number of carboxylic acid groups (broad SMARTS) is 1. The average molecular weight is 387 g/mol. The van der Waals surface area contributed by atoms with E-state index in [1.165, 1.54) is 11.8 Å². The van der Waals surface area contributed by atoms with Crippen molar-refractivity contribution in [1.29, 1.82) is 0 Å². The second kappa shape index (κ2) is 8.19. The normalized spacial score (nSPS) is 17.8. The van der Waals surface area contributed by atoms with Gasteiger partial charge in [0.25, 0.3) is 5.91 Å². The summed E-state index contributed by atoms with van der Waals surface area (Å²) in [4.78, 5) is 25.4. The van der Waals surface area contributed by atoms with Crippen LogP contribution < -0.4 is 5.11 Å². The van der Waals surface area contributed by atoms with Gasteiger partial charge >= 0.3 is 0 Å². The van der Waals surface area contributed by atoms with E-state index in [0.29, 0.717) is 22.1 Å². The summed E-state index contributed by atoms with van der Waals surface area (Å²) in [7, 11) is 0. The number of thioether (sulfide) groups is 2. The van der Waals surface area contributed by atoms with Crippen molar-refractivity contribution in [3.63, 3.8) is 0 Å². The topological polar surface area (TPSA) is 60.4 Å². The molecule has 0 N–H and O–H groups in total. The van der Waals surface area contributed by atoms with Crippen molar-refractivity contribution in [2.24, 2.45) is 0 Å². The second-order valence-electron chi connectivity index (χ2n) is 4.72. The zero-order chi connectivity index (χ0) is 17.0. The number of thiocarbonyl (C=S) groups is 1. The molecule has 0 radical (unpaired) electrons. The van der Waals surface area contributed by atoms with E-state index in [2.05, 4.69) is 0 Å². The van der Waals surface area contributed by atoms with Crippen LogP contribution in [0, 0.1) is 0 Å². The van der Waals surface area contributed by atoms with Gasteiger partial charge in [-0.1, -0.05) is 47.7 Å². The molecule has 1 aromatic rings. The van der Waals surface area contributed by atoms with E-state index in [9.17, 15) is 14.7 Å². The molecule has 0 unspecified atom stereocenters. The first kappa shape index (κ1) is 18.3. The highest BCUT2D eigenvalue weighted by molar-refractivity contribution is 8.26. The first-order chi connectivity index (χ1) is 10.9. The van der Waals surface area contributed by atoms with Crippen molar-refractivity contribution in [1.82, 2.24) is 4.90 Å². The van der Waals surface area contributed by atoms with Crippen LogP contribution in [0.2, 0.25) is 5.02 Å². The summed E-state index contributed by atoms with van der Waals surface area (Å²) in [6.07, 6.45) is 3.85. The maximum Gasteiger partial charge on any atom is 0.266 e. The smallest absolute Gasteiger partial charge is 0.266 e. The van der Waals surface area contributed by atoms with Gasteiger partial charge in [-0.15, -0.1) is 0 Å². The van der Waals surface area contributed by atoms with Gasteiger partial charge in [-0.3, -0.25) is 9.69 Å². The van der Waals surface area contributed by atoms with Gasteiger partial charge in [0.15, 0.2) is 0 Å². The molecule has 0 bridgehead atoms. The number of hydrogen-bond acceptors (Lipinski definition) is 6. The van der Waals surface area contributed by atoms with E-state index in [-0.39, 0.29) is 4.32 Å². The largest absolute Gasteiger partial charge is 0.548 e. The number of halogens is 1. The Hall–Kier alpha value is -1.02. The summed E-state index contributed by atoms with van der Waals surface area (Å²) in [5, 5.41) is 12.0. The molecule has 0 saturated carbocycles. The fraction of sp³-hybridized carbons (Fsp3) is 0.267. The molecule has 23 heavy (non-hydrogen) atoms. The summed E-state index contributed by atoms with van der Waals surface area (Å²) in [5.41, 5.74) is 0.795. The van der Waals surface area contributed by atoms with Crippen LogP contribution in [-0.4, -0.2) is 39.1 Å². The van der Waals surface area contributed by atoms with E-state index < -0.39 is 17.9 Å². The standard InChI is InChI=1S/C15H14ClNO3S3/c1-22-7-6-11(14(19)20)17-13(18)12(23-15(17)21)8-9-2-4-10(16)5-3-9/h2-5,8,11H,6-7H2,1H3,(H,19,20)/p-1/b12-8+/t11-/m0/s1. The Morgan fingerprint density at radius 2 is 2.13 bits per heavy atom. The average Bonchev–Trinajstić information content (AvgIpc) is 2.77. The van der Waals surface area contributed by atoms with Gasteiger partial charge in [0.2, 0.25) is 0 Å². The summed E-state index contributed by atoms with van der Waals surface area (Å²) in [6, 6.07) is 5.95. The molecule has 4 nitrogen and oxygen atoms in total. The first-order valence-electron chi connectivity index (χ1n) is 6.66. The van der Waals surface area contributed by atoms with Gasteiger partial charge in [0.1, 0.15) is 4.32 Å². The van der Waals surface area contributed by atoms with Crippen molar-refractivity contribution >= 4 is 69.6 Å². The third kappa shape index (κ3) is 4.50. The van der Waals surface area contributed by atoms with Gasteiger partial charge in [0.05, 0.1) is 16.9 Å². The number of hydrogen-bond donors (Lipinski definition) is 0. The molecule has 1 atom stereocenters. The molecule has 1 amide bonds. The van der Waals surface area contributed by atoms with Gasteiger partial charge in [-0.2, -0.15) is 11.8 Å². The van der Waals surface area contributed by atoms with E-state index in [1.807, 2.05) is 6.26 Å². The van der Waals surface area contributed by atoms with Gasteiger partial charge in [-0.05, 0) is 42.2 Å². The number of carboxylic acids is 1. The van der Waals surface area contributed by atoms with Crippen molar-refractivity contribution < 1.29 is 14.7 Å². The van der Waals surface area contributed by atoms with Gasteiger partial charge < -0.3 is 9.90 Å². The first-order valence-corrected chi connectivity index (χ1v) is 9.66. The van der Waals surface area contributed by atoms with Gasteiger partial charge in [0, 0.05) is 5.02 Å². The minimum absolute atomic E-state index is 0.241. The molecule has 122 valence electrons. The minimum atomic E-state index is -1.29. The molecule has 1 aliphatic heterocycles. The predicted octanol–water partition coefficient (Wildman–Crippen LogP) is 2.41. The van der Waals surface area contributed by atoms with Crippen LogP contribution >= 0.6 is 47.3 Å². The molecule has 1 saturated heterocycles. The molecule has 1 fully saturated rings. The van der Waals surface area contributed by atoms with Crippen LogP contribution in [0.3, 0.4) is 0 Å². The molecule has 0 spiro atoms. The van der Waals surface area contributed by atoms with Crippen LogP contribution in [0.1, 0.15) is 12.0 Å². The van der Waals surface area contributed by atoms with Crippen molar-refractivity contribution in [3.8, 4) is 0 Å². The number of carbonyl (C=O) groups excluding carboxylic acids is 2. The Balaban J connectivity index is 2.24. The monoisotopic (exact) mass is 386 g/mol. The van der Waals surface area contributed by atoms with Crippen molar-refractivity contribution in [2.45, 2.75) is 12.5 Å². The van der Waals surface area contributed by atoms with Crippen LogP contribution in [-0.2, 0) is 9.59 Å². The highest BCUT2D eigenvalue weighted by Gasteiger charge is 2.37. The van der Waals surface area contributed by atoms with E-state index in [1.54, 1.807) is 30.3 Å². The SMILES string of the molecule is CSCC[C@@H](C(=O)[O-])N1C(=O)/C(=C\c2ccc(Cl)cc2)SC1=S. The molecule has 1 heterocycles. The fourth-order valence-electron chi connectivity index (χ4n) is 2.04. The number of aliphatic carboxylic acids is 1. The summed E-state index contributed by atoms with van der Waals surface area (Å²) >= 11 is 13.6. The Morgan fingerprint density at radius 3 is 2.70 bits per heavy atom. The summed E-state index contributed by atoms with van der Waals surface area (Å²) in [6.45, 7) is 0. The van der Waals surface area contributed by atoms with Crippen LogP contribution in [0.4, 0.5) is 0 Å². The quantitative estimate of drug-likeness (QED) is 0.552. The zero-order valence-electron chi connectivity index (χ0n) is 12.2. The van der Waals surface area contributed by atoms with Crippen LogP contribution in [0.25, 0.3) is 6.08 Å². The molecule has 1 aromatic carbocycles. The number of carbonyl (C=O) groups is 2. The zero-order valence-corrected chi connectivity index (χ0v) is 15.4. The summed E-state index contributed by atoms with van der Waals surface area (Å²) < 4.78 is 0.241. The number of rotatable bonds is 6. The minimum Gasteiger partial charge on any atom is -0.548 e. The van der Waals surface area contributed by atoms with Crippen LogP contribution in [0.5, 0.6) is 0 Å². The molecule has 1 aliphatic rings. The maximum atomic E-state index is 12.5. The lowest BCUT2D eigenvalue weighted by molar-refractivity contribution is -0.310. The predicted molar refractivity (Wildman–Crippen MR) is 98.3 cm³/mol. The highest BCUT2D eigenvalue weighted by Crippen LogP contribution is 2.34. The van der Waals surface area contributed by atoms with Crippen molar-refractivity contribution in [2.75, 3.05) is 12.0 Å². The Morgan fingerprint density at radius 1 is 1.48 bits per heavy atom. The second-order valence-corrected chi connectivity index (χ2v) is 7.82. The molecule has 2 rings (SSSR count). The fourth-order valence-corrected chi connectivity index (χ4v) is 3.98. The molecular weight excluding hydrogens is 374 g/mol. The Labute approximate surface area is 153 Å². The lowest BCUT2D eigenvalue weighted by atomic mass is 10.2. The highest BCUT2D eigenvalue weighted by atomic mass is 35.5. The Kier molecular flexibility index (Phi) is 6.52. The molecule has 0 aliphatic carbocycles. The lowest BCUT2D eigenvalue weighted by Crippen LogP contribution is -2.50. The number of amides is 1. The third-order valence-corrected chi connectivity index (χ3v) is 5.40. The third-order valence-electron chi connectivity index (χ3n) is 3.17. The Bertz CT molecular complexity index is 660. The van der Waals surface area contributed by atoms with E-state index in [4.69, 9.17) is 23.8 Å². The van der Waals surface area contributed by atoms with Crippen LogP contribution in [0.15, 0.2) is 29.2 Å². The lowest BCUT2D eigenvalue weighted by Gasteiger charge is -2.27. The number of benzene rings is 1. The summed E-state index contributed by atoms with van der Waals surface area (Å²) in [5.74, 6) is -1.08. The van der Waals surface area contributed by atoms with E-state index >= 15 is 0 Å². The molecule has 8 heteroatoms. The van der Waals surface area contributed by atoms with E-state index in [0.717, 1.165) is 22.2 Å². The van der Waals surface area contributed by atoms with Gasteiger partial charge in [-0.25, -0.2) is 0 Å². The molecule has 0 aromatic heterocycles. The van der Waals surface area contributed by atoms with Crippen molar-refractivity contribution in [3.05, 3.63) is 39.8 Å².